The largest absolute Gasteiger partial charge is 0.336 e. The molecule has 0 saturated carbocycles. The first-order valence-electron chi connectivity index (χ1n) is 8.70. The van der Waals surface area contributed by atoms with Gasteiger partial charge in [-0.3, -0.25) is 9.78 Å². The smallest absolute Gasteiger partial charge is 0.291 e. The fourth-order valence-corrected chi connectivity index (χ4v) is 3.53. The Kier molecular flexibility index (Phi) is 4.37. The van der Waals surface area contributed by atoms with Crippen LogP contribution in [0.3, 0.4) is 0 Å². The van der Waals surface area contributed by atoms with Gasteiger partial charge in [0.2, 0.25) is 5.82 Å². The highest BCUT2D eigenvalue weighted by Gasteiger charge is 2.25. The molecular weight excluding hydrogens is 312 g/mol. The predicted molar refractivity (Wildman–Crippen MR) is 96.1 cm³/mol. The number of pyridine rings is 1. The zero-order valence-corrected chi connectivity index (χ0v) is 14.0. The van der Waals surface area contributed by atoms with Gasteiger partial charge in [0.15, 0.2) is 0 Å². The SMILES string of the molecule is O=C(c1ncccn1)N1CCC(Cc2cccc3cccnc23)CC1. The standard InChI is InChI=1S/C20H20N4O/c25-20(19-22-10-3-11-23-19)24-12-7-15(8-13-24)14-17-5-1-4-16-6-2-9-21-18(16)17/h1-6,9-11,15H,7-8,12-14H2. The third-order valence-electron chi connectivity index (χ3n) is 4.88. The van der Waals surface area contributed by atoms with Crippen molar-refractivity contribution in [1.82, 2.24) is 19.9 Å². The molecule has 0 bridgehead atoms. The van der Waals surface area contributed by atoms with E-state index in [-0.39, 0.29) is 5.91 Å². The molecular formula is C20H20N4O. The molecule has 25 heavy (non-hydrogen) atoms. The number of piperidine rings is 1. The number of hydrogen-bond acceptors (Lipinski definition) is 4. The van der Waals surface area contributed by atoms with Gasteiger partial charge in [-0.15, -0.1) is 0 Å². The van der Waals surface area contributed by atoms with E-state index in [0.717, 1.165) is 37.9 Å². The molecule has 3 heterocycles. The van der Waals surface area contributed by atoms with E-state index >= 15 is 0 Å². The number of nitrogens with zero attached hydrogens (tertiary/aromatic N) is 4. The lowest BCUT2D eigenvalue weighted by atomic mass is 9.89. The van der Waals surface area contributed by atoms with E-state index in [1.165, 1.54) is 10.9 Å². The molecule has 0 aliphatic carbocycles. The molecule has 0 radical (unpaired) electrons. The lowest BCUT2D eigenvalue weighted by Gasteiger charge is -2.31. The van der Waals surface area contributed by atoms with Crippen molar-refractivity contribution in [3.05, 3.63) is 66.4 Å². The van der Waals surface area contributed by atoms with E-state index in [0.29, 0.717) is 11.7 Å². The Hall–Kier alpha value is -2.82. The van der Waals surface area contributed by atoms with Crippen molar-refractivity contribution in [1.29, 1.82) is 0 Å². The van der Waals surface area contributed by atoms with Crippen LogP contribution in [0.2, 0.25) is 0 Å². The minimum absolute atomic E-state index is 0.0640. The van der Waals surface area contributed by atoms with Crippen LogP contribution in [-0.2, 0) is 6.42 Å². The van der Waals surface area contributed by atoms with E-state index in [2.05, 4.69) is 39.2 Å². The molecule has 0 N–H and O–H groups in total. The maximum Gasteiger partial charge on any atom is 0.291 e. The fraction of sp³-hybridized carbons (Fsp3) is 0.300. The summed E-state index contributed by atoms with van der Waals surface area (Å²) in [6.45, 7) is 1.53. The Morgan fingerprint density at radius 3 is 2.48 bits per heavy atom. The van der Waals surface area contributed by atoms with Crippen molar-refractivity contribution in [3.8, 4) is 0 Å². The Balaban J connectivity index is 1.41. The Bertz CT molecular complexity index is 868. The van der Waals surface area contributed by atoms with Gasteiger partial charge in [0.1, 0.15) is 0 Å². The lowest BCUT2D eigenvalue weighted by Crippen LogP contribution is -2.39. The normalized spacial score (nSPS) is 15.4. The number of fused-ring (bicyclic) bond motifs is 1. The Morgan fingerprint density at radius 2 is 1.68 bits per heavy atom. The van der Waals surface area contributed by atoms with Gasteiger partial charge in [-0.2, -0.15) is 0 Å². The molecule has 126 valence electrons. The first kappa shape index (κ1) is 15.7. The van der Waals surface area contributed by atoms with Gasteiger partial charge in [0.05, 0.1) is 5.52 Å². The predicted octanol–water partition coefficient (Wildman–Crippen LogP) is 3.12. The number of carbonyl (C=O) groups is 1. The van der Waals surface area contributed by atoms with Gasteiger partial charge in [-0.25, -0.2) is 9.97 Å². The summed E-state index contributed by atoms with van der Waals surface area (Å²) < 4.78 is 0. The number of benzene rings is 1. The number of likely N-dealkylation sites (tertiary alicyclic amines) is 1. The van der Waals surface area contributed by atoms with Crippen molar-refractivity contribution in [2.75, 3.05) is 13.1 Å². The van der Waals surface area contributed by atoms with Crippen molar-refractivity contribution >= 4 is 16.8 Å². The number of para-hydroxylation sites is 1. The highest BCUT2D eigenvalue weighted by atomic mass is 16.2. The van der Waals surface area contributed by atoms with Crippen molar-refractivity contribution in [3.63, 3.8) is 0 Å². The number of amides is 1. The monoisotopic (exact) mass is 332 g/mol. The van der Waals surface area contributed by atoms with Crippen molar-refractivity contribution < 1.29 is 4.79 Å². The Morgan fingerprint density at radius 1 is 0.960 bits per heavy atom. The van der Waals surface area contributed by atoms with Crippen LogP contribution in [0.15, 0.2) is 55.0 Å². The second-order valence-corrected chi connectivity index (χ2v) is 6.50. The van der Waals surface area contributed by atoms with E-state index < -0.39 is 0 Å². The van der Waals surface area contributed by atoms with E-state index in [1.807, 2.05) is 17.2 Å². The number of rotatable bonds is 3. The number of hydrogen-bond donors (Lipinski definition) is 0. The molecule has 2 aromatic heterocycles. The summed E-state index contributed by atoms with van der Waals surface area (Å²) in [6, 6.07) is 12.2. The number of carbonyl (C=O) groups excluding carboxylic acids is 1. The molecule has 1 saturated heterocycles. The Labute approximate surface area is 146 Å². The maximum atomic E-state index is 12.4. The summed E-state index contributed by atoms with van der Waals surface area (Å²) in [5.41, 5.74) is 2.40. The zero-order chi connectivity index (χ0) is 17.1. The third kappa shape index (κ3) is 3.36. The van der Waals surface area contributed by atoms with Gasteiger partial charge in [-0.05, 0) is 42.9 Å². The van der Waals surface area contributed by atoms with Crippen molar-refractivity contribution in [2.45, 2.75) is 19.3 Å². The molecule has 0 spiro atoms. The van der Waals surface area contributed by atoms with Crippen LogP contribution in [0.25, 0.3) is 10.9 Å². The van der Waals surface area contributed by atoms with Gasteiger partial charge in [0.25, 0.3) is 5.91 Å². The highest BCUT2D eigenvalue weighted by Crippen LogP contribution is 2.25. The van der Waals surface area contributed by atoms with Crippen LogP contribution in [0.1, 0.15) is 29.0 Å². The second kappa shape index (κ2) is 6.97. The molecule has 0 unspecified atom stereocenters. The molecule has 4 rings (SSSR count). The van der Waals surface area contributed by atoms with Gasteiger partial charge in [-0.1, -0.05) is 24.3 Å². The lowest BCUT2D eigenvalue weighted by molar-refractivity contribution is 0.0678. The summed E-state index contributed by atoms with van der Waals surface area (Å²) >= 11 is 0. The molecule has 3 aromatic rings. The topological polar surface area (TPSA) is 59.0 Å². The summed E-state index contributed by atoms with van der Waals surface area (Å²) in [4.78, 5) is 27.0. The average Bonchev–Trinajstić information content (AvgIpc) is 2.69. The summed E-state index contributed by atoms with van der Waals surface area (Å²) in [5.74, 6) is 0.804. The van der Waals surface area contributed by atoms with E-state index in [1.54, 1.807) is 18.5 Å². The molecule has 1 aliphatic heterocycles. The van der Waals surface area contributed by atoms with Gasteiger partial charge >= 0.3 is 0 Å². The molecule has 5 heteroatoms. The van der Waals surface area contributed by atoms with E-state index in [4.69, 9.17) is 0 Å². The number of aromatic nitrogens is 3. The van der Waals surface area contributed by atoms with Crippen LogP contribution in [0.5, 0.6) is 0 Å². The van der Waals surface area contributed by atoms with Gasteiger partial charge in [0, 0.05) is 37.1 Å². The minimum atomic E-state index is -0.0640. The fourth-order valence-electron chi connectivity index (χ4n) is 3.53. The quantitative estimate of drug-likeness (QED) is 0.739. The van der Waals surface area contributed by atoms with Crippen LogP contribution in [0, 0.1) is 5.92 Å². The van der Waals surface area contributed by atoms with Crippen molar-refractivity contribution in [2.24, 2.45) is 5.92 Å². The maximum absolute atomic E-state index is 12.4. The van der Waals surface area contributed by atoms with Crippen LogP contribution in [0.4, 0.5) is 0 Å². The zero-order valence-electron chi connectivity index (χ0n) is 14.0. The molecule has 1 fully saturated rings. The second-order valence-electron chi connectivity index (χ2n) is 6.50. The van der Waals surface area contributed by atoms with Crippen LogP contribution >= 0.6 is 0 Å². The first-order valence-corrected chi connectivity index (χ1v) is 8.70. The summed E-state index contributed by atoms with van der Waals surface area (Å²) in [5, 5.41) is 1.19. The average molecular weight is 332 g/mol. The van der Waals surface area contributed by atoms with E-state index in [9.17, 15) is 4.79 Å². The first-order chi connectivity index (χ1) is 12.3. The molecule has 5 nitrogen and oxygen atoms in total. The molecule has 1 aliphatic rings. The summed E-state index contributed by atoms with van der Waals surface area (Å²) in [7, 11) is 0. The minimum Gasteiger partial charge on any atom is -0.336 e. The van der Waals surface area contributed by atoms with Gasteiger partial charge < -0.3 is 4.90 Å². The third-order valence-corrected chi connectivity index (χ3v) is 4.88. The van der Waals surface area contributed by atoms with Crippen LogP contribution < -0.4 is 0 Å². The highest BCUT2D eigenvalue weighted by molar-refractivity contribution is 5.90. The summed E-state index contributed by atoms with van der Waals surface area (Å²) in [6.07, 6.45) is 8.09. The molecule has 1 aromatic carbocycles. The molecule has 0 atom stereocenters. The molecule has 1 amide bonds. The van der Waals surface area contributed by atoms with Crippen LogP contribution in [-0.4, -0.2) is 38.8 Å².